The fourth-order valence-corrected chi connectivity index (χ4v) is 4.72. The van der Waals surface area contributed by atoms with Crippen LogP contribution in [0.1, 0.15) is 11.1 Å². The number of imide groups is 1. The van der Waals surface area contributed by atoms with Crippen LogP contribution in [0.25, 0.3) is 21.7 Å². The Bertz CT molecular complexity index is 1820. The second-order valence-corrected chi connectivity index (χ2v) is 9.16. The number of amides is 3. The molecule has 5 aromatic rings. The minimum atomic E-state index is -1.52. The van der Waals surface area contributed by atoms with Gasteiger partial charge in [-0.05, 0) is 48.0 Å². The molecule has 3 aromatic carbocycles. The van der Waals surface area contributed by atoms with Crippen molar-refractivity contribution in [2.24, 2.45) is 0 Å². The summed E-state index contributed by atoms with van der Waals surface area (Å²) >= 11 is 0. The van der Waals surface area contributed by atoms with Gasteiger partial charge in [0.05, 0.1) is 12.1 Å². The molecule has 3 N–H and O–H groups in total. The number of carbonyl (C=O) groups excluding carboxylic acids is 2. The van der Waals surface area contributed by atoms with E-state index in [0.717, 1.165) is 16.5 Å². The first-order valence-electron chi connectivity index (χ1n) is 12.1. The molecule has 1 atom stereocenters. The van der Waals surface area contributed by atoms with Gasteiger partial charge in [-0.3, -0.25) is 15.1 Å². The van der Waals surface area contributed by atoms with Gasteiger partial charge in [0.15, 0.2) is 11.4 Å². The van der Waals surface area contributed by atoms with Gasteiger partial charge in [0.25, 0.3) is 5.91 Å². The van der Waals surface area contributed by atoms with Crippen molar-refractivity contribution in [3.63, 3.8) is 0 Å². The Morgan fingerprint density at radius 3 is 2.64 bits per heavy atom. The summed E-state index contributed by atoms with van der Waals surface area (Å²) in [5.41, 5.74) is 0.539. The van der Waals surface area contributed by atoms with Crippen molar-refractivity contribution in [2.75, 3.05) is 6.61 Å². The van der Waals surface area contributed by atoms with Gasteiger partial charge in [-0.25, -0.2) is 9.18 Å². The van der Waals surface area contributed by atoms with E-state index in [0.29, 0.717) is 22.1 Å². The summed E-state index contributed by atoms with van der Waals surface area (Å²) in [4.78, 5) is 29.3. The van der Waals surface area contributed by atoms with E-state index in [1.807, 2.05) is 30.3 Å². The number of halogens is 1. The van der Waals surface area contributed by atoms with Crippen LogP contribution < -0.4 is 15.4 Å². The Balaban J connectivity index is 1.22. The number of aromatic nitrogens is 2. The third kappa shape index (κ3) is 4.49. The highest BCUT2D eigenvalue weighted by Gasteiger charge is 2.48. The highest BCUT2D eigenvalue weighted by atomic mass is 19.1. The van der Waals surface area contributed by atoms with E-state index in [9.17, 15) is 19.1 Å². The van der Waals surface area contributed by atoms with Crippen LogP contribution in [0.4, 0.5) is 9.18 Å². The predicted octanol–water partition coefficient (Wildman–Crippen LogP) is 4.20. The molecule has 39 heavy (non-hydrogen) atoms. The first kappa shape index (κ1) is 24.0. The second-order valence-electron chi connectivity index (χ2n) is 9.16. The van der Waals surface area contributed by atoms with Gasteiger partial charge in [0.1, 0.15) is 18.2 Å². The van der Waals surface area contributed by atoms with E-state index in [-0.39, 0.29) is 19.0 Å². The number of benzene rings is 3. The Labute approximate surface area is 222 Å². The van der Waals surface area contributed by atoms with Crippen LogP contribution in [0.15, 0.2) is 85.2 Å². The van der Waals surface area contributed by atoms with Gasteiger partial charge in [-0.2, -0.15) is 0 Å². The standard InChI is InChI=1S/C30H21FN4O4/c31-23-10-8-22(9-11-23)30(28(37)33-29(38)34-30)18-35-17-21-7-12-24(15-25(21)27(35)36)39-13-3-4-19-14-20-5-1-2-6-26(20)32-16-19/h1-2,5-12,14-17,36H,13,18H2,(H2,33,34,37,38)/t30-/m0/s1. The molecule has 2 aromatic heterocycles. The molecule has 0 spiro atoms. The molecular formula is C30H21FN4O4. The Morgan fingerprint density at radius 2 is 1.85 bits per heavy atom. The maximum atomic E-state index is 13.5. The number of urea groups is 1. The van der Waals surface area contributed by atoms with E-state index in [1.165, 1.54) is 28.8 Å². The van der Waals surface area contributed by atoms with Crippen molar-refractivity contribution >= 4 is 33.6 Å². The number of rotatable bonds is 5. The maximum Gasteiger partial charge on any atom is 0.322 e. The van der Waals surface area contributed by atoms with E-state index >= 15 is 0 Å². The third-order valence-electron chi connectivity index (χ3n) is 6.65. The summed E-state index contributed by atoms with van der Waals surface area (Å²) in [5.74, 6) is 5.34. The number of hydrogen-bond donors (Lipinski definition) is 3. The van der Waals surface area contributed by atoms with E-state index < -0.39 is 23.3 Å². The number of aromatic hydroxyl groups is 1. The topological polar surface area (TPSA) is 105 Å². The van der Waals surface area contributed by atoms with Crippen molar-refractivity contribution in [2.45, 2.75) is 12.1 Å². The zero-order valence-electron chi connectivity index (χ0n) is 20.4. The monoisotopic (exact) mass is 520 g/mol. The SMILES string of the molecule is O=C1NC(=O)[C@](Cn2cc3ccc(OCC#Cc4cnc5ccccc5c4)cc3c2O)(c2ccc(F)cc2)N1. The number of ether oxygens (including phenoxy) is 1. The summed E-state index contributed by atoms with van der Waals surface area (Å²) < 4.78 is 20.8. The summed E-state index contributed by atoms with van der Waals surface area (Å²) in [6.45, 7) is 0.0118. The van der Waals surface area contributed by atoms with Crippen molar-refractivity contribution in [1.82, 2.24) is 20.2 Å². The average molecular weight is 521 g/mol. The van der Waals surface area contributed by atoms with Crippen LogP contribution in [-0.2, 0) is 16.9 Å². The molecule has 8 nitrogen and oxygen atoms in total. The van der Waals surface area contributed by atoms with E-state index in [4.69, 9.17) is 4.74 Å². The van der Waals surface area contributed by atoms with Gasteiger partial charge >= 0.3 is 6.03 Å². The van der Waals surface area contributed by atoms with E-state index in [1.54, 1.807) is 30.6 Å². The van der Waals surface area contributed by atoms with Crippen molar-refractivity contribution in [3.8, 4) is 23.5 Å². The highest BCUT2D eigenvalue weighted by Crippen LogP contribution is 2.35. The third-order valence-corrected chi connectivity index (χ3v) is 6.65. The Hall–Kier alpha value is -5.36. The lowest BCUT2D eigenvalue weighted by Gasteiger charge is -2.27. The minimum absolute atomic E-state index is 0.112. The van der Waals surface area contributed by atoms with Crippen LogP contribution in [0.3, 0.4) is 0 Å². The smallest absolute Gasteiger partial charge is 0.322 e. The lowest BCUT2D eigenvalue weighted by atomic mass is 9.89. The van der Waals surface area contributed by atoms with Crippen molar-refractivity contribution in [3.05, 3.63) is 102 Å². The molecule has 192 valence electrons. The molecule has 0 saturated carbocycles. The first-order valence-corrected chi connectivity index (χ1v) is 12.1. The molecule has 9 heteroatoms. The normalized spacial score (nSPS) is 16.5. The quantitative estimate of drug-likeness (QED) is 0.238. The van der Waals surface area contributed by atoms with Crippen LogP contribution in [-0.4, -0.2) is 33.2 Å². The number of carbonyl (C=O) groups is 2. The number of hydrogen-bond acceptors (Lipinski definition) is 5. The summed E-state index contributed by atoms with van der Waals surface area (Å²) in [6, 6.07) is 19.6. The molecule has 3 amide bonds. The molecule has 1 fully saturated rings. The molecule has 1 saturated heterocycles. The lowest BCUT2D eigenvalue weighted by Crippen LogP contribution is -2.47. The first-order chi connectivity index (χ1) is 18.9. The second kappa shape index (κ2) is 9.50. The molecule has 0 radical (unpaired) electrons. The van der Waals surface area contributed by atoms with Gasteiger partial charge in [-0.1, -0.05) is 42.2 Å². The zero-order valence-corrected chi connectivity index (χ0v) is 20.4. The summed E-state index contributed by atoms with van der Waals surface area (Å²) in [5, 5.41) is 18.1. The van der Waals surface area contributed by atoms with Gasteiger partial charge in [0.2, 0.25) is 0 Å². The minimum Gasteiger partial charge on any atom is -0.494 e. The zero-order chi connectivity index (χ0) is 27.0. The fraction of sp³-hybridized carbons (Fsp3) is 0.100. The fourth-order valence-electron chi connectivity index (χ4n) is 4.72. The number of pyridine rings is 1. The molecule has 0 bridgehead atoms. The Kier molecular flexibility index (Phi) is 5.85. The molecule has 6 rings (SSSR count). The number of para-hydroxylation sites is 1. The van der Waals surface area contributed by atoms with Crippen LogP contribution in [0.2, 0.25) is 0 Å². The average Bonchev–Trinajstić information content (AvgIpc) is 3.41. The van der Waals surface area contributed by atoms with Crippen molar-refractivity contribution in [1.29, 1.82) is 0 Å². The summed E-state index contributed by atoms with van der Waals surface area (Å²) in [7, 11) is 0. The molecule has 3 heterocycles. The largest absolute Gasteiger partial charge is 0.494 e. The predicted molar refractivity (Wildman–Crippen MR) is 142 cm³/mol. The highest BCUT2D eigenvalue weighted by molar-refractivity contribution is 6.07. The molecule has 0 unspecified atom stereocenters. The number of nitrogens with zero attached hydrogens (tertiary/aromatic N) is 2. The molecule has 1 aliphatic heterocycles. The molecular weight excluding hydrogens is 499 g/mol. The van der Waals surface area contributed by atoms with Crippen LogP contribution >= 0.6 is 0 Å². The maximum absolute atomic E-state index is 13.5. The lowest BCUT2D eigenvalue weighted by molar-refractivity contribution is -0.124. The number of fused-ring (bicyclic) bond motifs is 2. The molecule has 1 aliphatic rings. The van der Waals surface area contributed by atoms with Gasteiger partial charge < -0.3 is 19.7 Å². The Morgan fingerprint density at radius 1 is 1.03 bits per heavy atom. The van der Waals surface area contributed by atoms with Gasteiger partial charge in [0, 0.05) is 34.1 Å². The van der Waals surface area contributed by atoms with E-state index in [2.05, 4.69) is 27.5 Å². The van der Waals surface area contributed by atoms with Crippen LogP contribution in [0, 0.1) is 17.7 Å². The van der Waals surface area contributed by atoms with Gasteiger partial charge in [-0.15, -0.1) is 0 Å². The number of nitrogens with one attached hydrogen (secondary N) is 2. The summed E-state index contributed by atoms with van der Waals surface area (Å²) in [6.07, 6.45) is 3.39. The molecule has 0 aliphatic carbocycles. The van der Waals surface area contributed by atoms with Crippen LogP contribution in [0.5, 0.6) is 11.6 Å². The van der Waals surface area contributed by atoms with Crippen molar-refractivity contribution < 1.29 is 23.8 Å².